The molecule has 0 spiro atoms. The Morgan fingerprint density at radius 1 is 1.25 bits per heavy atom. The average Bonchev–Trinajstić information content (AvgIpc) is 3.10. The molecule has 0 bridgehead atoms. The summed E-state index contributed by atoms with van der Waals surface area (Å²) in [6, 6.07) is 12.9. The number of rotatable bonds is 5. The second kappa shape index (κ2) is 5.77. The molecular formula is C16H19N3S. The second-order valence-electron chi connectivity index (χ2n) is 4.96. The SMILES string of the molecule is CCc1ccc(C(C)NCc2nc3ccccc3[nH]2)s1. The first kappa shape index (κ1) is 13.3. The minimum Gasteiger partial charge on any atom is -0.341 e. The Balaban J connectivity index is 1.66. The largest absolute Gasteiger partial charge is 0.341 e. The summed E-state index contributed by atoms with van der Waals surface area (Å²) in [5.74, 6) is 0.991. The Labute approximate surface area is 123 Å². The first-order valence-electron chi connectivity index (χ1n) is 7.02. The molecule has 0 aliphatic heterocycles. The number of benzene rings is 1. The lowest BCUT2D eigenvalue weighted by atomic mass is 10.2. The first-order chi connectivity index (χ1) is 9.76. The van der Waals surface area contributed by atoms with Gasteiger partial charge in [-0.25, -0.2) is 4.98 Å². The molecule has 2 N–H and O–H groups in total. The van der Waals surface area contributed by atoms with Gasteiger partial charge in [-0.1, -0.05) is 19.1 Å². The molecule has 104 valence electrons. The maximum Gasteiger partial charge on any atom is 0.121 e. The second-order valence-corrected chi connectivity index (χ2v) is 6.16. The van der Waals surface area contributed by atoms with Gasteiger partial charge in [-0.05, 0) is 37.6 Å². The number of nitrogens with zero attached hydrogens (tertiary/aromatic N) is 1. The maximum atomic E-state index is 4.59. The third-order valence-corrected chi connectivity index (χ3v) is 4.88. The van der Waals surface area contributed by atoms with E-state index in [1.54, 1.807) is 0 Å². The topological polar surface area (TPSA) is 40.7 Å². The summed E-state index contributed by atoms with van der Waals surface area (Å²) >= 11 is 1.89. The Bertz CT molecular complexity index is 665. The van der Waals surface area contributed by atoms with E-state index in [9.17, 15) is 0 Å². The van der Waals surface area contributed by atoms with Crippen LogP contribution < -0.4 is 5.32 Å². The van der Waals surface area contributed by atoms with E-state index in [0.717, 1.165) is 29.8 Å². The fourth-order valence-corrected chi connectivity index (χ4v) is 3.24. The van der Waals surface area contributed by atoms with Crippen molar-refractivity contribution in [2.45, 2.75) is 32.9 Å². The van der Waals surface area contributed by atoms with Crippen molar-refractivity contribution in [2.75, 3.05) is 0 Å². The standard InChI is InChI=1S/C16H19N3S/c1-3-12-8-9-15(20-12)11(2)17-10-16-18-13-6-4-5-7-14(13)19-16/h4-9,11,17H,3,10H2,1-2H3,(H,18,19). The number of thiophene rings is 1. The van der Waals surface area contributed by atoms with Crippen LogP contribution in [0, 0.1) is 0 Å². The van der Waals surface area contributed by atoms with E-state index in [1.165, 1.54) is 9.75 Å². The summed E-state index contributed by atoms with van der Waals surface area (Å²) < 4.78 is 0. The summed E-state index contributed by atoms with van der Waals surface area (Å²) in [4.78, 5) is 10.8. The van der Waals surface area contributed by atoms with E-state index in [1.807, 2.05) is 29.5 Å². The summed E-state index contributed by atoms with van der Waals surface area (Å²) in [7, 11) is 0. The molecule has 2 aromatic heterocycles. The molecule has 3 aromatic rings. The van der Waals surface area contributed by atoms with Crippen molar-refractivity contribution in [1.29, 1.82) is 0 Å². The lowest BCUT2D eigenvalue weighted by Gasteiger charge is -2.10. The Morgan fingerprint density at radius 3 is 2.85 bits per heavy atom. The third-order valence-electron chi connectivity index (χ3n) is 3.47. The molecule has 20 heavy (non-hydrogen) atoms. The molecule has 3 rings (SSSR count). The first-order valence-corrected chi connectivity index (χ1v) is 7.83. The lowest BCUT2D eigenvalue weighted by molar-refractivity contribution is 0.570. The monoisotopic (exact) mass is 285 g/mol. The maximum absolute atomic E-state index is 4.59. The number of hydrogen-bond acceptors (Lipinski definition) is 3. The molecule has 0 radical (unpaired) electrons. The number of imidazole rings is 1. The molecule has 0 fully saturated rings. The molecule has 0 saturated carbocycles. The molecule has 1 aromatic carbocycles. The van der Waals surface area contributed by atoms with Crippen molar-refractivity contribution in [3.63, 3.8) is 0 Å². The van der Waals surface area contributed by atoms with Gasteiger partial charge < -0.3 is 10.3 Å². The van der Waals surface area contributed by atoms with Gasteiger partial charge in [-0.2, -0.15) is 0 Å². The zero-order valence-electron chi connectivity index (χ0n) is 11.8. The van der Waals surface area contributed by atoms with Gasteiger partial charge in [0.05, 0.1) is 17.6 Å². The van der Waals surface area contributed by atoms with Crippen LogP contribution in [0.15, 0.2) is 36.4 Å². The highest BCUT2D eigenvalue weighted by Crippen LogP contribution is 2.23. The summed E-state index contributed by atoms with van der Waals surface area (Å²) in [5.41, 5.74) is 2.13. The number of nitrogens with one attached hydrogen (secondary N) is 2. The number of H-pyrrole nitrogens is 1. The van der Waals surface area contributed by atoms with Gasteiger partial charge in [0.15, 0.2) is 0 Å². The Kier molecular flexibility index (Phi) is 3.85. The molecular weight excluding hydrogens is 266 g/mol. The molecule has 1 unspecified atom stereocenters. The molecule has 0 amide bonds. The zero-order valence-corrected chi connectivity index (χ0v) is 12.6. The highest BCUT2D eigenvalue weighted by atomic mass is 32.1. The van der Waals surface area contributed by atoms with Crippen LogP contribution in [-0.4, -0.2) is 9.97 Å². The van der Waals surface area contributed by atoms with E-state index >= 15 is 0 Å². The molecule has 0 aliphatic carbocycles. The van der Waals surface area contributed by atoms with Crippen LogP contribution in [0.25, 0.3) is 11.0 Å². The minimum atomic E-state index is 0.355. The van der Waals surface area contributed by atoms with Gasteiger partial charge in [0, 0.05) is 15.8 Å². The van der Waals surface area contributed by atoms with Crippen molar-refractivity contribution in [3.8, 4) is 0 Å². The normalized spacial score (nSPS) is 12.9. The summed E-state index contributed by atoms with van der Waals surface area (Å²) in [6.45, 7) is 5.16. The molecule has 4 heteroatoms. The zero-order chi connectivity index (χ0) is 13.9. The minimum absolute atomic E-state index is 0.355. The summed E-state index contributed by atoms with van der Waals surface area (Å²) in [5, 5.41) is 3.53. The number of aryl methyl sites for hydroxylation is 1. The fraction of sp³-hybridized carbons (Fsp3) is 0.312. The van der Waals surface area contributed by atoms with E-state index in [2.05, 4.69) is 47.3 Å². The van der Waals surface area contributed by atoms with Crippen molar-refractivity contribution < 1.29 is 0 Å². The quantitative estimate of drug-likeness (QED) is 0.743. The smallest absolute Gasteiger partial charge is 0.121 e. The van der Waals surface area contributed by atoms with E-state index < -0.39 is 0 Å². The van der Waals surface area contributed by atoms with E-state index in [-0.39, 0.29) is 0 Å². The number of hydrogen-bond donors (Lipinski definition) is 2. The van der Waals surface area contributed by atoms with Gasteiger partial charge in [-0.3, -0.25) is 0 Å². The van der Waals surface area contributed by atoms with Gasteiger partial charge in [0.25, 0.3) is 0 Å². The van der Waals surface area contributed by atoms with Gasteiger partial charge in [0.2, 0.25) is 0 Å². The predicted octanol–water partition coefficient (Wildman–Crippen LogP) is 4.04. The molecule has 0 aliphatic rings. The fourth-order valence-electron chi connectivity index (χ4n) is 2.26. The molecule has 2 heterocycles. The number of aromatic amines is 1. The lowest BCUT2D eigenvalue weighted by Crippen LogP contribution is -2.17. The molecule has 0 saturated heterocycles. The van der Waals surface area contributed by atoms with Crippen molar-refractivity contribution in [1.82, 2.24) is 15.3 Å². The molecule has 1 atom stereocenters. The van der Waals surface area contributed by atoms with Crippen LogP contribution in [0.2, 0.25) is 0 Å². The molecule has 3 nitrogen and oxygen atoms in total. The van der Waals surface area contributed by atoms with E-state index in [0.29, 0.717) is 6.04 Å². The highest BCUT2D eigenvalue weighted by Gasteiger charge is 2.09. The van der Waals surface area contributed by atoms with Gasteiger partial charge >= 0.3 is 0 Å². The van der Waals surface area contributed by atoms with Gasteiger partial charge in [-0.15, -0.1) is 11.3 Å². The van der Waals surface area contributed by atoms with Crippen molar-refractivity contribution in [3.05, 3.63) is 52.0 Å². The number of para-hydroxylation sites is 2. The van der Waals surface area contributed by atoms with Crippen LogP contribution in [0.4, 0.5) is 0 Å². The third kappa shape index (κ3) is 2.76. The van der Waals surface area contributed by atoms with Crippen LogP contribution in [0.1, 0.15) is 35.5 Å². The van der Waals surface area contributed by atoms with E-state index in [4.69, 9.17) is 0 Å². The van der Waals surface area contributed by atoms with Crippen LogP contribution in [0.5, 0.6) is 0 Å². The average molecular weight is 285 g/mol. The number of fused-ring (bicyclic) bond motifs is 1. The Morgan fingerprint density at radius 2 is 2.10 bits per heavy atom. The predicted molar refractivity (Wildman–Crippen MR) is 85.0 cm³/mol. The van der Waals surface area contributed by atoms with Gasteiger partial charge in [0.1, 0.15) is 5.82 Å². The van der Waals surface area contributed by atoms with Crippen LogP contribution in [-0.2, 0) is 13.0 Å². The van der Waals surface area contributed by atoms with Crippen LogP contribution >= 0.6 is 11.3 Å². The number of aromatic nitrogens is 2. The van der Waals surface area contributed by atoms with Crippen molar-refractivity contribution in [2.24, 2.45) is 0 Å². The highest BCUT2D eigenvalue weighted by molar-refractivity contribution is 7.12. The Hall–Kier alpha value is -1.65. The van der Waals surface area contributed by atoms with Crippen LogP contribution in [0.3, 0.4) is 0 Å². The van der Waals surface area contributed by atoms with Crippen molar-refractivity contribution >= 4 is 22.4 Å². The summed E-state index contributed by atoms with van der Waals surface area (Å²) in [6.07, 6.45) is 1.11.